The van der Waals surface area contributed by atoms with E-state index in [2.05, 4.69) is 15.3 Å². The fraction of sp³-hybridized carbons (Fsp3) is 0.524. The van der Waals surface area contributed by atoms with Crippen molar-refractivity contribution in [2.24, 2.45) is 5.41 Å². The van der Waals surface area contributed by atoms with Crippen molar-refractivity contribution in [3.63, 3.8) is 0 Å². The van der Waals surface area contributed by atoms with Crippen LogP contribution in [-0.2, 0) is 6.54 Å². The molecule has 1 unspecified atom stereocenters. The first-order valence-electron chi connectivity index (χ1n) is 10.3. The van der Waals surface area contributed by atoms with E-state index in [1.807, 2.05) is 6.07 Å². The molecule has 8 heteroatoms. The molecule has 29 heavy (non-hydrogen) atoms. The van der Waals surface area contributed by atoms with Gasteiger partial charge in [0.05, 0.1) is 6.54 Å². The Hall–Kier alpha value is -2.74. The molecule has 1 saturated carbocycles. The third-order valence-electron chi connectivity index (χ3n) is 6.25. The third kappa shape index (κ3) is 3.64. The standard InChI is InChI=1S/C21H26N4O4/c26-19(22-15-2-3-16-17(12-15)29-11-10-28-16)13-25-20(27)5-4-18(23-25)24-9-8-21(14-24)6-1-7-21/h2-5,12,19,22,26H,1,6-11,13-14H2. The second-order valence-electron chi connectivity index (χ2n) is 8.26. The molecule has 0 radical (unpaired) electrons. The largest absolute Gasteiger partial charge is 0.486 e. The summed E-state index contributed by atoms with van der Waals surface area (Å²) in [5, 5.41) is 18.0. The van der Waals surface area contributed by atoms with E-state index in [4.69, 9.17) is 9.47 Å². The Bertz CT molecular complexity index is 956. The molecule has 2 aliphatic heterocycles. The van der Waals surface area contributed by atoms with Crippen LogP contribution < -0.4 is 25.2 Å². The predicted octanol–water partition coefficient (Wildman–Crippen LogP) is 1.83. The van der Waals surface area contributed by atoms with Crippen LogP contribution in [-0.4, -0.2) is 47.4 Å². The Kier molecular flexibility index (Phi) is 4.58. The van der Waals surface area contributed by atoms with Gasteiger partial charge >= 0.3 is 0 Å². The molecule has 1 spiro atoms. The van der Waals surface area contributed by atoms with Crippen LogP contribution in [0, 0.1) is 5.41 Å². The first-order chi connectivity index (χ1) is 14.1. The van der Waals surface area contributed by atoms with Crippen LogP contribution in [0.25, 0.3) is 0 Å². The van der Waals surface area contributed by atoms with Crippen molar-refractivity contribution in [1.29, 1.82) is 0 Å². The summed E-state index contributed by atoms with van der Waals surface area (Å²) in [6.07, 6.45) is 4.14. The lowest BCUT2D eigenvalue weighted by molar-refractivity contribution is 0.165. The molecule has 1 aromatic heterocycles. The predicted molar refractivity (Wildman–Crippen MR) is 109 cm³/mol. The molecule has 0 bridgehead atoms. The molecule has 1 aliphatic carbocycles. The summed E-state index contributed by atoms with van der Waals surface area (Å²) in [6, 6.07) is 8.72. The van der Waals surface area contributed by atoms with Gasteiger partial charge in [0.15, 0.2) is 11.5 Å². The summed E-state index contributed by atoms with van der Waals surface area (Å²) in [5.41, 5.74) is 0.925. The second-order valence-corrected chi connectivity index (χ2v) is 8.26. The molecular weight excluding hydrogens is 372 g/mol. The highest BCUT2D eigenvalue weighted by molar-refractivity contribution is 5.55. The third-order valence-corrected chi connectivity index (χ3v) is 6.25. The van der Waals surface area contributed by atoms with Gasteiger partial charge in [0.2, 0.25) is 0 Å². The fourth-order valence-corrected chi connectivity index (χ4v) is 4.49. The van der Waals surface area contributed by atoms with E-state index in [0.717, 1.165) is 18.9 Å². The molecule has 0 amide bonds. The van der Waals surface area contributed by atoms with Crippen molar-refractivity contribution in [2.45, 2.75) is 38.5 Å². The van der Waals surface area contributed by atoms with Gasteiger partial charge in [-0.15, -0.1) is 0 Å². The number of ether oxygens (including phenoxy) is 2. The molecule has 8 nitrogen and oxygen atoms in total. The summed E-state index contributed by atoms with van der Waals surface area (Å²) in [4.78, 5) is 14.5. The van der Waals surface area contributed by atoms with Crippen LogP contribution in [0.5, 0.6) is 11.5 Å². The van der Waals surface area contributed by atoms with Crippen molar-refractivity contribution in [1.82, 2.24) is 9.78 Å². The lowest BCUT2D eigenvalue weighted by Crippen LogP contribution is -2.36. The van der Waals surface area contributed by atoms with Gasteiger partial charge in [0, 0.05) is 30.9 Å². The zero-order valence-electron chi connectivity index (χ0n) is 16.3. The number of hydrogen-bond donors (Lipinski definition) is 2. The summed E-state index contributed by atoms with van der Waals surface area (Å²) in [6.45, 7) is 3.08. The molecule has 2 N–H and O–H groups in total. The topological polar surface area (TPSA) is 88.9 Å². The maximum absolute atomic E-state index is 12.3. The van der Waals surface area contributed by atoms with Crippen molar-refractivity contribution in [2.75, 3.05) is 36.5 Å². The summed E-state index contributed by atoms with van der Waals surface area (Å²) in [7, 11) is 0. The average molecular weight is 398 g/mol. The van der Waals surface area contributed by atoms with Gasteiger partial charge < -0.3 is 24.8 Å². The van der Waals surface area contributed by atoms with E-state index < -0.39 is 6.23 Å². The van der Waals surface area contributed by atoms with Crippen molar-refractivity contribution in [3.05, 3.63) is 40.7 Å². The van der Waals surface area contributed by atoms with Gasteiger partial charge in [0.25, 0.3) is 5.56 Å². The SMILES string of the molecule is O=c1ccc(N2CCC3(CCC3)C2)nn1CC(O)Nc1ccc2c(c1)OCCO2. The Balaban J connectivity index is 1.27. The van der Waals surface area contributed by atoms with Crippen LogP contribution >= 0.6 is 0 Å². The van der Waals surface area contributed by atoms with Crippen molar-refractivity contribution >= 4 is 11.5 Å². The van der Waals surface area contributed by atoms with Gasteiger partial charge in [-0.3, -0.25) is 4.79 Å². The Morgan fingerprint density at radius 1 is 1.14 bits per heavy atom. The Morgan fingerprint density at radius 3 is 2.72 bits per heavy atom. The van der Waals surface area contributed by atoms with Gasteiger partial charge in [-0.2, -0.15) is 5.10 Å². The molecule has 1 saturated heterocycles. The second kappa shape index (κ2) is 7.26. The average Bonchev–Trinajstić information content (AvgIpc) is 3.16. The Labute approximate surface area is 169 Å². The Morgan fingerprint density at radius 2 is 1.97 bits per heavy atom. The lowest BCUT2D eigenvalue weighted by atomic mass is 9.68. The highest BCUT2D eigenvalue weighted by Crippen LogP contribution is 2.48. The smallest absolute Gasteiger partial charge is 0.267 e. The van der Waals surface area contributed by atoms with Gasteiger partial charge in [-0.1, -0.05) is 6.42 Å². The number of aromatic nitrogens is 2. The molecule has 2 fully saturated rings. The fourth-order valence-electron chi connectivity index (χ4n) is 4.49. The lowest BCUT2D eigenvalue weighted by Gasteiger charge is -2.38. The molecule has 1 atom stereocenters. The summed E-state index contributed by atoms with van der Waals surface area (Å²) < 4.78 is 12.4. The van der Waals surface area contributed by atoms with E-state index in [-0.39, 0.29) is 12.1 Å². The van der Waals surface area contributed by atoms with Crippen LogP contribution in [0.3, 0.4) is 0 Å². The van der Waals surface area contributed by atoms with Crippen molar-refractivity contribution < 1.29 is 14.6 Å². The monoisotopic (exact) mass is 398 g/mol. The quantitative estimate of drug-likeness (QED) is 0.743. The number of anilines is 2. The molecular formula is C21H26N4O4. The van der Waals surface area contributed by atoms with Crippen LogP contribution in [0.2, 0.25) is 0 Å². The minimum absolute atomic E-state index is 0.0557. The number of benzene rings is 1. The number of aliphatic hydroxyl groups excluding tert-OH is 1. The van der Waals surface area contributed by atoms with E-state index >= 15 is 0 Å². The first kappa shape index (κ1) is 18.3. The molecule has 3 aliphatic rings. The molecule has 2 aromatic rings. The minimum Gasteiger partial charge on any atom is -0.486 e. The normalized spacial score (nSPS) is 20.4. The van der Waals surface area contributed by atoms with E-state index in [0.29, 0.717) is 35.8 Å². The van der Waals surface area contributed by atoms with E-state index in [1.165, 1.54) is 36.4 Å². The van der Waals surface area contributed by atoms with Crippen molar-refractivity contribution in [3.8, 4) is 11.5 Å². The number of fused-ring (bicyclic) bond motifs is 1. The number of hydrogen-bond acceptors (Lipinski definition) is 7. The summed E-state index contributed by atoms with van der Waals surface area (Å²) in [5.74, 6) is 2.14. The molecule has 5 rings (SSSR count). The van der Waals surface area contributed by atoms with Crippen LogP contribution in [0.1, 0.15) is 25.7 Å². The molecule has 154 valence electrons. The highest BCUT2D eigenvalue weighted by atomic mass is 16.6. The van der Waals surface area contributed by atoms with Gasteiger partial charge in [0.1, 0.15) is 25.3 Å². The maximum Gasteiger partial charge on any atom is 0.267 e. The zero-order chi connectivity index (χ0) is 19.8. The van der Waals surface area contributed by atoms with E-state index in [9.17, 15) is 9.90 Å². The number of aliphatic hydroxyl groups is 1. The van der Waals surface area contributed by atoms with Crippen LogP contribution in [0.4, 0.5) is 11.5 Å². The van der Waals surface area contributed by atoms with E-state index in [1.54, 1.807) is 18.2 Å². The molecule has 1 aromatic carbocycles. The number of rotatable bonds is 5. The first-order valence-corrected chi connectivity index (χ1v) is 10.3. The molecule has 3 heterocycles. The van der Waals surface area contributed by atoms with Crippen LogP contribution in [0.15, 0.2) is 35.1 Å². The zero-order valence-corrected chi connectivity index (χ0v) is 16.3. The maximum atomic E-state index is 12.3. The van der Waals surface area contributed by atoms with Gasteiger partial charge in [-0.25, -0.2) is 4.68 Å². The minimum atomic E-state index is -0.963. The summed E-state index contributed by atoms with van der Waals surface area (Å²) >= 11 is 0. The number of nitrogens with one attached hydrogen (secondary N) is 1. The number of nitrogens with zero attached hydrogens (tertiary/aromatic N) is 3. The highest BCUT2D eigenvalue weighted by Gasteiger charge is 2.43. The van der Waals surface area contributed by atoms with Gasteiger partial charge in [-0.05, 0) is 42.9 Å².